The third-order valence-corrected chi connectivity index (χ3v) is 9.24. The van der Waals surface area contributed by atoms with Crippen molar-refractivity contribution < 1.29 is 22.7 Å². The van der Waals surface area contributed by atoms with Crippen molar-refractivity contribution in [3.8, 4) is 11.3 Å². The van der Waals surface area contributed by atoms with Crippen molar-refractivity contribution in [1.29, 1.82) is 0 Å². The molecule has 13 heteroatoms. The van der Waals surface area contributed by atoms with E-state index in [0.717, 1.165) is 32.9 Å². The minimum Gasteiger partial charge on any atom is -0.454 e. The summed E-state index contributed by atoms with van der Waals surface area (Å²) in [6.45, 7) is 1.62. The van der Waals surface area contributed by atoms with Gasteiger partial charge in [0.05, 0.1) is 17.4 Å². The topological polar surface area (TPSA) is 131 Å². The predicted octanol–water partition coefficient (Wildman–Crippen LogP) is 3.85. The van der Waals surface area contributed by atoms with Gasteiger partial charge in [-0.1, -0.05) is 35.9 Å². The van der Waals surface area contributed by atoms with Crippen molar-refractivity contribution in [3.05, 3.63) is 53.4 Å². The van der Waals surface area contributed by atoms with Crippen LogP contribution >= 0.6 is 23.1 Å². The lowest BCUT2D eigenvalue weighted by atomic mass is 10.1. The molecule has 1 amide bonds. The number of esters is 1. The average molecular weight is 558 g/mol. The predicted molar refractivity (Wildman–Crippen MR) is 141 cm³/mol. The van der Waals surface area contributed by atoms with Gasteiger partial charge in [-0.3, -0.25) is 14.9 Å². The Hall–Kier alpha value is -3.26. The van der Waals surface area contributed by atoms with Crippen LogP contribution in [0.15, 0.2) is 52.7 Å². The molecular weight excluding hydrogens is 534 g/mol. The van der Waals surface area contributed by atoms with Crippen LogP contribution in [0.4, 0.5) is 5.13 Å². The Bertz CT molecular complexity index is 1550. The molecule has 5 rings (SSSR count). The summed E-state index contributed by atoms with van der Waals surface area (Å²) in [5, 5.41) is 4.84. The highest BCUT2D eigenvalue weighted by Crippen LogP contribution is 2.30. The number of sulfonamides is 1. The van der Waals surface area contributed by atoms with Gasteiger partial charge in [-0.05, 0) is 38.3 Å². The van der Waals surface area contributed by atoms with Crippen molar-refractivity contribution in [3.63, 3.8) is 0 Å². The van der Waals surface area contributed by atoms with E-state index in [2.05, 4.69) is 19.0 Å². The number of amides is 1. The SMILES string of the molecule is Cc1ccc(-c2csc(NC(=O)COC(=O)C3CCCCN3S(=O)(=O)c3cccc4nsnc34)n2)cc1. The second-order valence-electron chi connectivity index (χ2n) is 8.58. The molecule has 0 saturated carbocycles. The molecule has 37 heavy (non-hydrogen) atoms. The van der Waals surface area contributed by atoms with Crippen LogP contribution in [-0.2, 0) is 24.3 Å². The van der Waals surface area contributed by atoms with Crippen LogP contribution in [0.3, 0.4) is 0 Å². The van der Waals surface area contributed by atoms with Crippen LogP contribution in [0.5, 0.6) is 0 Å². The highest BCUT2D eigenvalue weighted by molar-refractivity contribution is 7.89. The van der Waals surface area contributed by atoms with E-state index >= 15 is 0 Å². The highest BCUT2D eigenvalue weighted by atomic mass is 32.2. The van der Waals surface area contributed by atoms with Gasteiger partial charge in [0.2, 0.25) is 10.0 Å². The van der Waals surface area contributed by atoms with Gasteiger partial charge in [0.25, 0.3) is 5.91 Å². The molecule has 192 valence electrons. The maximum absolute atomic E-state index is 13.5. The number of aryl methyl sites for hydroxylation is 1. The number of nitrogens with zero attached hydrogens (tertiary/aromatic N) is 4. The van der Waals surface area contributed by atoms with E-state index in [1.807, 2.05) is 36.6 Å². The van der Waals surface area contributed by atoms with Crippen LogP contribution in [0.1, 0.15) is 24.8 Å². The largest absolute Gasteiger partial charge is 0.454 e. The van der Waals surface area contributed by atoms with Gasteiger partial charge in [0.1, 0.15) is 22.0 Å². The summed E-state index contributed by atoms with van der Waals surface area (Å²) in [6, 6.07) is 11.6. The fourth-order valence-electron chi connectivity index (χ4n) is 4.12. The summed E-state index contributed by atoms with van der Waals surface area (Å²) in [5.41, 5.74) is 3.54. The van der Waals surface area contributed by atoms with E-state index in [4.69, 9.17) is 4.74 Å². The average Bonchev–Trinajstić information content (AvgIpc) is 3.57. The minimum atomic E-state index is -4.04. The summed E-state index contributed by atoms with van der Waals surface area (Å²) < 4.78 is 41.6. The van der Waals surface area contributed by atoms with Gasteiger partial charge in [0, 0.05) is 17.5 Å². The lowest BCUT2D eigenvalue weighted by Gasteiger charge is -2.32. The van der Waals surface area contributed by atoms with E-state index < -0.39 is 34.5 Å². The third kappa shape index (κ3) is 5.39. The molecule has 2 aromatic carbocycles. The number of piperidine rings is 1. The first kappa shape index (κ1) is 25.4. The van der Waals surface area contributed by atoms with Gasteiger partial charge in [-0.15, -0.1) is 11.3 Å². The first-order chi connectivity index (χ1) is 17.8. The first-order valence-corrected chi connectivity index (χ1v) is 14.6. The molecule has 0 bridgehead atoms. The van der Waals surface area contributed by atoms with Crippen LogP contribution in [0.25, 0.3) is 22.3 Å². The van der Waals surface area contributed by atoms with Crippen molar-refractivity contribution in [2.75, 3.05) is 18.5 Å². The van der Waals surface area contributed by atoms with E-state index in [-0.39, 0.29) is 17.0 Å². The summed E-state index contributed by atoms with van der Waals surface area (Å²) >= 11 is 2.19. The fraction of sp³-hybridized carbons (Fsp3) is 0.292. The summed E-state index contributed by atoms with van der Waals surface area (Å²) in [4.78, 5) is 29.8. The van der Waals surface area contributed by atoms with E-state index in [0.29, 0.717) is 29.9 Å². The molecule has 1 fully saturated rings. The van der Waals surface area contributed by atoms with Crippen LogP contribution in [0.2, 0.25) is 0 Å². The van der Waals surface area contributed by atoms with E-state index in [9.17, 15) is 18.0 Å². The Labute approximate surface area is 221 Å². The normalized spacial score (nSPS) is 16.5. The highest BCUT2D eigenvalue weighted by Gasteiger charge is 2.39. The van der Waals surface area contributed by atoms with Crippen molar-refractivity contribution in [2.24, 2.45) is 0 Å². The number of nitrogens with one attached hydrogen (secondary N) is 1. The maximum Gasteiger partial charge on any atom is 0.324 e. The van der Waals surface area contributed by atoms with E-state index in [1.54, 1.807) is 12.1 Å². The van der Waals surface area contributed by atoms with Crippen LogP contribution < -0.4 is 5.32 Å². The smallest absolute Gasteiger partial charge is 0.324 e. The number of rotatable bonds is 7. The fourth-order valence-corrected chi connectivity index (χ4v) is 7.26. The zero-order valence-electron chi connectivity index (χ0n) is 19.8. The quantitative estimate of drug-likeness (QED) is 0.339. The van der Waals surface area contributed by atoms with Gasteiger partial charge in [-0.2, -0.15) is 13.1 Å². The molecule has 4 aromatic rings. The minimum absolute atomic E-state index is 0.00402. The second kappa shape index (κ2) is 10.6. The van der Waals surface area contributed by atoms with Gasteiger partial charge in [-0.25, -0.2) is 13.4 Å². The molecule has 0 radical (unpaired) electrons. The molecule has 0 aliphatic carbocycles. The molecular formula is C24H23N5O5S3. The lowest BCUT2D eigenvalue weighted by Crippen LogP contribution is -2.48. The molecule has 1 unspecified atom stereocenters. The molecule has 1 atom stereocenters. The second-order valence-corrected chi connectivity index (χ2v) is 11.8. The maximum atomic E-state index is 13.5. The number of fused-ring (bicyclic) bond motifs is 1. The number of carbonyl (C=O) groups excluding carboxylic acids is 2. The summed E-state index contributed by atoms with van der Waals surface area (Å²) in [5.74, 6) is -1.32. The number of hydrogen-bond donors (Lipinski definition) is 1. The van der Waals surface area contributed by atoms with Gasteiger partial charge < -0.3 is 4.74 Å². The van der Waals surface area contributed by atoms with Crippen LogP contribution in [0, 0.1) is 6.92 Å². The molecule has 1 aliphatic heterocycles. The first-order valence-electron chi connectivity index (χ1n) is 11.5. The van der Waals surface area contributed by atoms with Crippen molar-refractivity contribution in [2.45, 2.75) is 37.1 Å². The molecule has 2 aromatic heterocycles. The molecule has 1 saturated heterocycles. The number of anilines is 1. The Morgan fingerprint density at radius 1 is 1.14 bits per heavy atom. The monoisotopic (exact) mass is 557 g/mol. The molecule has 1 N–H and O–H groups in total. The Morgan fingerprint density at radius 3 is 2.76 bits per heavy atom. The number of ether oxygens (including phenoxy) is 1. The van der Waals surface area contributed by atoms with Crippen LogP contribution in [-0.4, -0.2) is 57.5 Å². The number of thiazole rings is 1. The number of hydrogen-bond acceptors (Lipinski definition) is 10. The Kier molecular flexibility index (Phi) is 7.29. The van der Waals surface area contributed by atoms with Crippen molar-refractivity contribution >= 4 is 61.1 Å². The van der Waals surface area contributed by atoms with Gasteiger partial charge >= 0.3 is 5.97 Å². The van der Waals surface area contributed by atoms with Gasteiger partial charge in [0.15, 0.2) is 11.7 Å². The third-order valence-electron chi connectivity index (χ3n) is 6.00. The molecule has 3 heterocycles. The lowest BCUT2D eigenvalue weighted by molar-refractivity contribution is -0.152. The molecule has 0 spiro atoms. The van der Waals surface area contributed by atoms with E-state index in [1.165, 1.54) is 17.4 Å². The summed E-state index contributed by atoms with van der Waals surface area (Å²) in [7, 11) is -4.04. The summed E-state index contributed by atoms with van der Waals surface area (Å²) in [6.07, 6.45) is 1.58. The zero-order valence-corrected chi connectivity index (χ0v) is 22.2. The standard InChI is InChI=1S/C24H23N5O5S3/c1-15-8-10-16(11-9-15)18-14-35-24(25-18)26-21(30)13-34-23(31)19-6-2-3-12-29(19)37(32,33)20-7-4-5-17-22(20)28-36-27-17/h4-5,7-11,14,19H,2-3,6,12-13H2,1H3,(H,25,26,30). The molecule has 10 nitrogen and oxygen atoms in total. The number of benzene rings is 2. The number of carbonyl (C=O) groups is 2. The number of aromatic nitrogens is 3. The Morgan fingerprint density at radius 2 is 1.95 bits per heavy atom. The molecule has 1 aliphatic rings. The Balaban J connectivity index is 1.23. The zero-order chi connectivity index (χ0) is 26.0. The van der Waals surface area contributed by atoms with Crippen molar-refractivity contribution in [1.82, 2.24) is 18.0 Å².